The predicted molar refractivity (Wildman–Crippen MR) is 114 cm³/mol. The predicted octanol–water partition coefficient (Wildman–Crippen LogP) is 5.58. The minimum absolute atomic E-state index is 0.0666. The van der Waals surface area contributed by atoms with E-state index in [1.54, 1.807) is 12.1 Å². The molecule has 0 heterocycles. The second-order valence-electron chi connectivity index (χ2n) is 8.89. The van der Waals surface area contributed by atoms with Crippen LogP contribution in [0.15, 0.2) is 29.2 Å². The van der Waals surface area contributed by atoms with Crippen LogP contribution in [0.4, 0.5) is 0 Å². The first kappa shape index (κ1) is 24.6. The van der Waals surface area contributed by atoms with Gasteiger partial charge in [0.05, 0.1) is 4.90 Å². The van der Waals surface area contributed by atoms with Crippen molar-refractivity contribution in [2.45, 2.75) is 53.4 Å². The summed E-state index contributed by atoms with van der Waals surface area (Å²) in [6, 6.07) is 5.99. The van der Waals surface area contributed by atoms with E-state index in [4.69, 9.17) is 4.55 Å². The van der Waals surface area contributed by atoms with Crippen molar-refractivity contribution in [3.05, 3.63) is 29.8 Å². The van der Waals surface area contributed by atoms with Gasteiger partial charge in [0.1, 0.15) is 0 Å². The monoisotopic (exact) mass is 390 g/mol. The molecule has 0 atom stereocenters. The summed E-state index contributed by atoms with van der Waals surface area (Å²) in [7, 11) is -4.96. The molecular formula is C20H39O3PS. The molecule has 0 spiro atoms. The van der Waals surface area contributed by atoms with Crippen LogP contribution in [0.25, 0.3) is 0 Å². The molecular weight excluding hydrogens is 351 g/mol. The zero-order chi connectivity index (χ0) is 19.8. The Bertz CT molecular complexity index is 563. The van der Waals surface area contributed by atoms with Crippen molar-refractivity contribution in [1.29, 1.82) is 0 Å². The summed E-state index contributed by atoms with van der Waals surface area (Å²) in [4.78, 5) is -0.0666. The van der Waals surface area contributed by atoms with Crippen molar-refractivity contribution >= 4 is 17.4 Å². The summed E-state index contributed by atoms with van der Waals surface area (Å²) >= 11 is 0. The zero-order valence-electron chi connectivity index (χ0n) is 17.3. The van der Waals surface area contributed by atoms with Crippen molar-refractivity contribution in [2.24, 2.45) is 17.8 Å². The Balaban J connectivity index is 0.000000472. The van der Waals surface area contributed by atoms with Crippen molar-refractivity contribution < 1.29 is 13.0 Å². The van der Waals surface area contributed by atoms with E-state index in [2.05, 4.69) is 48.2 Å². The Hall–Kier alpha value is -0.440. The van der Waals surface area contributed by atoms with E-state index in [0.717, 1.165) is 23.3 Å². The smallest absolute Gasteiger partial charge is 0.282 e. The van der Waals surface area contributed by atoms with Gasteiger partial charge in [-0.25, -0.2) is 0 Å². The molecule has 148 valence electrons. The van der Waals surface area contributed by atoms with Crippen molar-refractivity contribution in [2.75, 3.05) is 25.2 Å². The molecule has 0 fully saturated rings. The first-order valence-electron chi connectivity index (χ1n) is 9.29. The molecule has 0 unspecified atom stereocenters. The average Bonchev–Trinajstić information content (AvgIpc) is 2.34. The van der Waals surface area contributed by atoms with E-state index in [1.165, 1.54) is 30.6 Å². The summed E-state index contributed by atoms with van der Waals surface area (Å²) in [5.41, 5.74) is 0.956. The SMILES string of the molecule is CC(C)C[PH](C)(CC(C)C)CC(C)C.Cc1ccc(S(=O)(=O)O)cc1. The summed E-state index contributed by atoms with van der Waals surface area (Å²) in [5.74, 6) is 2.68. The van der Waals surface area contributed by atoms with Crippen LogP contribution in [0.5, 0.6) is 0 Å². The van der Waals surface area contributed by atoms with Crippen LogP contribution in [0, 0.1) is 24.7 Å². The third-order valence-electron chi connectivity index (χ3n) is 4.02. The fourth-order valence-corrected chi connectivity index (χ4v) is 10.8. The number of hydrogen-bond acceptors (Lipinski definition) is 2. The van der Waals surface area contributed by atoms with Crippen LogP contribution in [-0.2, 0) is 10.1 Å². The molecule has 5 heteroatoms. The van der Waals surface area contributed by atoms with Gasteiger partial charge in [0, 0.05) is 0 Å². The molecule has 0 saturated heterocycles. The van der Waals surface area contributed by atoms with Gasteiger partial charge in [-0.2, -0.15) is 8.42 Å². The standard InChI is InChI=1S/C13H31P.C7H8O3S/c1-11(2)8-14(7,9-12(3)4)10-13(5)6;1-6-2-4-7(5-3-6)11(8,9)10/h11-14H,8-10H2,1-7H3;2-5H,1H3,(H,8,9,10). The van der Waals surface area contributed by atoms with Crippen LogP contribution in [0.2, 0.25) is 0 Å². The topological polar surface area (TPSA) is 54.4 Å². The Morgan fingerprint density at radius 3 is 1.40 bits per heavy atom. The molecule has 0 aliphatic carbocycles. The van der Waals surface area contributed by atoms with Crippen LogP contribution in [-0.4, -0.2) is 38.1 Å². The minimum Gasteiger partial charge on any atom is -0.282 e. The van der Waals surface area contributed by atoms with Gasteiger partial charge >= 0.3 is 91.7 Å². The van der Waals surface area contributed by atoms with Crippen molar-refractivity contribution in [3.8, 4) is 0 Å². The van der Waals surface area contributed by atoms with Crippen LogP contribution in [0.1, 0.15) is 47.1 Å². The Kier molecular flexibility index (Phi) is 10.5. The van der Waals surface area contributed by atoms with Gasteiger partial charge in [0.2, 0.25) is 0 Å². The molecule has 0 aliphatic heterocycles. The Labute approximate surface area is 156 Å². The van der Waals surface area contributed by atoms with Crippen molar-refractivity contribution in [3.63, 3.8) is 0 Å². The molecule has 1 N–H and O–H groups in total. The maximum absolute atomic E-state index is 10.5. The summed E-state index contributed by atoms with van der Waals surface area (Å²) in [6.45, 7) is 18.7. The summed E-state index contributed by atoms with van der Waals surface area (Å²) < 4.78 is 29.6. The first-order valence-corrected chi connectivity index (χ1v) is 13.9. The first-order chi connectivity index (χ1) is 11.2. The van der Waals surface area contributed by atoms with E-state index in [-0.39, 0.29) is 4.90 Å². The summed E-state index contributed by atoms with van der Waals surface area (Å²) in [6.07, 6.45) is 4.55. The van der Waals surface area contributed by atoms with Crippen LogP contribution in [0.3, 0.4) is 0 Å². The van der Waals surface area contributed by atoms with Gasteiger partial charge in [-0.1, -0.05) is 17.7 Å². The zero-order valence-corrected chi connectivity index (χ0v) is 19.2. The van der Waals surface area contributed by atoms with E-state index in [0.29, 0.717) is 0 Å². The molecule has 0 radical (unpaired) electrons. The third kappa shape index (κ3) is 11.7. The Morgan fingerprint density at radius 2 is 1.16 bits per heavy atom. The van der Waals surface area contributed by atoms with E-state index < -0.39 is 17.4 Å². The molecule has 25 heavy (non-hydrogen) atoms. The number of aryl methyl sites for hydroxylation is 1. The molecule has 0 aliphatic rings. The van der Waals surface area contributed by atoms with Gasteiger partial charge in [0.15, 0.2) is 0 Å². The van der Waals surface area contributed by atoms with Crippen LogP contribution < -0.4 is 0 Å². The number of hydrogen-bond donors (Lipinski definition) is 1. The van der Waals surface area contributed by atoms with E-state index in [1.807, 2.05) is 6.92 Å². The van der Waals surface area contributed by atoms with Crippen LogP contribution >= 0.6 is 7.26 Å². The normalized spacial score (nSPS) is 13.1. The molecule has 0 saturated carbocycles. The maximum atomic E-state index is 10.5. The maximum Gasteiger partial charge on any atom is 0.294 e. The van der Waals surface area contributed by atoms with Crippen molar-refractivity contribution in [1.82, 2.24) is 0 Å². The molecule has 0 amide bonds. The molecule has 1 aromatic rings. The number of benzene rings is 1. The van der Waals surface area contributed by atoms with Gasteiger partial charge in [-0.05, 0) is 19.1 Å². The van der Waals surface area contributed by atoms with E-state index in [9.17, 15) is 8.42 Å². The summed E-state index contributed by atoms with van der Waals surface area (Å²) in [5, 5.41) is 0. The third-order valence-corrected chi connectivity index (χ3v) is 10.3. The van der Waals surface area contributed by atoms with Gasteiger partial charge in [-0.15, -0.1) is 0 Å². The fraction of sp³-hybridized carbons (Fsp3) is 0.700. The van der Waals surface area contributed by atoms with Gasteiger partial charge in [-0.3, -0.25) is 4.55 Å². The second-order valence-corrected chi connectivity index (χ2v) is 15.2. The molecule has 3 nitrogen and oxygen atoms in total. The molecule has 1 rings (SSSR count). The number of rotatable bonds is 7. The Morgan fingerprint density at radius 1 is 0.840 bits per heavy atom. The largest absolute Gasteiger partial charge is 0.294 e. The van der Waals surface area contributed by atoms with Gasteiger partial charge < -0.3 is 0 Å². The fourth-order valence-electron chi connectivity index (χ4n) is 3.92. The van der Waals surface area contributed by atoms with E-state index >= 15 is 0 Å². The molecule has 0 aromatic heterocycles. The average molecular weight is 391 g/mol. The minimum atomic E-state index is -4.02. The molecule has 0 bridgehead atoms. The van der Waals surface area contributed by atoms with Gasteiger partial charge in [0.25, 0.3) is 10.1 Å². The quantitative estimate of drug-likeness (QED) is 0.489. The second kappa shape index (κ2) is 10.6. The molecule has 1 aromatic carbocycles.